The van der Waals surface area contributed by atoms with Crippen molar-refractivity contribution in [3.05, 3.63) is 18.0 Å². The third-order valence-electron chi connectivity index (χ3n) is 2.10. The Morgan fingerprint density at radius 3 is 2.65 bits per heavy atom. The lowest BCUT2D eigenvalue weighted by atomic mass is 10.3. The number of hydrogen-bond donors (Lipinski definition) is 2. The van der Waals surface area contributed by atoms with Gasteiger partial charge in [-0.1, -0.05) is 12.2 Å². The molecule has 0 spiro atoms. The summed E-state index contributed by atoms with van der Waals surface area (Å²) in [5.41, 5.74) is 11.1. The standard InChI is InChI=1S/C10H15N5OS/c1-6(2)15(5-8(11)16)10-13-4-3-7(14-10)9(12)17/h3-4,6H,5H2,1-2H3,(H2,11,16)(H2,12,17). The smallest absolute Gasteiger partial charge is 0.237 e. The number of nitrogens with zero attached hydrogens (tertiary/aromatic N) is 3. The van der Waals surface area contributed by atoms with Gasteiger partial charge in [-0.05, 0) is 19.9 Å². The number of nitrogens with two attached hydrogens (primary N) is 2. The number of primary amides is 1. The van der Waals surface area contributed by atoms with Gasteiger partial charge in [0.05, 0.1) is 6.54 Å². The summed E-state index contributed by atoms with van der Waals surface area (Å²) in [6, 6.07) is 1.67. The lowest BCUT2D eigenvalue weighted by Crippen LogP contribution is -2.39. The Balaban J connectivity index is 3.05. The zero-order valence-corrected chi connectivity index (χ0v) is 10.6. The Bertz CT molecular complexity index is 434. The molecule has 6 nitrogen and oxygen atoms in total. The molecule has 0 saturated heterocycles. The fraction of sp³-hybridized carbons (Fsp3) is 0.400. The summed E-state index contributed by atoms with van der Waals surface area (Å²) >= 11 is 4.84. The molecule has 1 rings (SSSR count). The largest absolute Gasteiger partial charge is 0.388 e. The van der Waals surface area contributed by atoms with Crippen molar-refractivity contribution in [2.75, 3.05) is 11.4 Å². The number of anilines is 1. The van der Waals surface area contributed by atoms with Gasteiger partial charge in [-0.25, -0.2) is 9.97 Å². The van der Waals surface area contributed by atoms with E-state index in [0.717, 1.165) is 0 Å². The summed E-state index contributed by atoms with van der Waals surface area (Å²) in [7, 11) is 0. The van der Waals surface area contributed by atoms with E-state index in [1.807, 2.05) is 13.8 Å². The van der Waals surface area contributed by atoms with Crippen LogP contribution in [-0.4, -0.2) is 33.5 Å². The molecule has 1 aromatic heterocycles. The normalized spacial score (nSPS) is 10.3. The number of rotatable bonds is 5. The van der Waals surface area contributed by atoms with Crippen molar-refractivity contribution in [1.82, 2.24) is 9.97 Å². The van der Waals surface area contributed by atoms with Crippen LogP contribution in [-0.2, 0) is 4.79 Å². The van der Waals surface area contributed by atoms with E-state index in [0.29, 0.717) is 11.6 Å². The average Bonchev–Trinajstić information content (AvgIpc) is 2.25. The maximum atomic E-state index is 11.0. The second-order valence-electron chi connectivity index (χ2n) is 3.79. The molecule has 0 unspecified atom stereocenters. The van der Waals surface area contributed by atoms with Crippen LogP contribution in [0.5, 0.6) is 0 Å². The van der Waals surface area contributed by atoms with Gasteiger partial charge in [-0.3, -0.25) is 4.79 Å². The first kappa shape index (κ1) is 13.3. The minimum atomic E-state index is -0.442. The Morgan fingerprint density at radius 2 is 2.18 bits per heavy atom. The van der Waals surface area contributed by atoms with Crippen LogP contribution in [0.4, 0.5) is 5.95 Å². The fourth-order valence-electron chi connectivity index (χ4n) is 1.28. The summed E-state index contributed by atoms with van der Waals surface area (Å²) in [6.45, 7) is 3.89. The second kappa shape index (κ2) is 5.53. The summed E-state index contributed by atoms with van der Waals surface area (Å²) in [5.74, 6) is -0.0490. The highest BCUT2D eigenvalue weighted by Gasteiger charge is 2.16. The van der Waals surface area contributed by atoms with Crippen molar-refractivity contribution < 1.29 is 4.79 Å². The molecule has 0 bridgehead atoms. The first-order chi connectivity index (χ1) is 7.91. The van der Waals surface area contributed by atoms with Crippen LogP contribution in [0.3, 0.4) is 0 Å². The fourth-order valence-corrected chi connectivity index (χ4v) is 1.39. The molecule has 4 N–H and O–H groups in total. The van der Waals surface area contributed by atoms with Crippen molar-refractivity contribution >= 4 is 29.1 Å². The van der Waals surface area contributed by atoms with E-state index in [4.69, 9.17) is 23.7 Å². The number of thiocarbonyl (C=S) groups is 1. The number of carbonyl (C=O) groups is 1. The highest BCUT2D eigenvalue weighted by molar-refractivity contribution is 7.80. The van der Waals surface area contributed by atoms with Crippen LogP contribution >= 0.6 is 12.2 Å². The Kier molecular flexibility index (Phi) is 4.33. The molecule has 0 radical (unpaired) electrons. The van der Waals surface area contributed by atoms with Crippen molar-refractivity contribution in [2.45, 2.75) is 19.9 Å². The molecule has 7 heteroatoms. The third kappa shape index (κ3) is 3.63. The highest BCUT2D eigenvalue weighted by atomic mass is 32.1. The SMILES string of the molecule is CC(C)N(CC(N)=O)c1nccc(C(N)=S)n1. The monoisotopic (exact) mass is 253 g/mol. The second-order valence-corrected chi connectivity index (χ2v) is 4.23. The van der Waals surface area contributed by atoms with E-state index < -0.39 is 5.91 Å². The van der Waals surface area contributed by atoms with Crippen LogP contribution in [0, 0.1) is 0 Å². The Labute approximate surface area is 105 Å². The molecule has 0 aliphatic rings. The number of carbonyl (C=O) groups excluding carboxylic acids is 1. The molecule has 0 aliphatic heterocycles. The van der Waals surface area contributed by atoms with E-state index >= 15 is 0 Å². The van der Waals surface area contributed by atoms with Crippen LogP contribution in [0.1, 0.15) is 19.5 Å². The topological polar surface area (TPSA) is 98.1 Å². The van der Waals surface area contributed by atoms with Crippen LogP contribution < -0.4 is 16.4 Å². The van der Waals surface area contributed by atoms with E-state index in [9.17, 15) is 4.79 Å². The van der Waals surface area contributed by atoms with Gasteiger partial charge >= 0.3 is 0 Å². The summed E-state index contributed by atoms with van der Waals surface area (Å²) in [6.07, 6.45) is 1.55. The third-order valence-corrected chi connectivity index (χ3v) is 2.31. The molecular formula is C10H15N5OS. The molecule has 1 amide bonds. The summed E-state index contributed by atoms with van der Waals surface area (Å²) in [5, 5.41) is 0. The molecule has 0 aromatic carbocycles. The Hall–Kier alpha value is -1.76. The molecule has 1 heterocycles. The number of aromatic nitrogens is 2. The van der Waals surface area contributed by atoms with Gasteiger partial charge in [-0.2, -0.15) is 0 Å². The van der Waals surface area contributed by atoms with Crippen molar-refractivity contribution in [3.8, 4) is 0 Å². The van der Waals surface area contributed by atoms with E-state index in [1.165, 1.54) is 0 Å². The van der Waals surface area contributed by atoms with E-state index in [2.05, 4.69) is 9.97 Å². The first-order valence-corrected chi connectivity index (χ1v) is 5.50. The van der Waals surface area contributed by atoms with Crippen LogP contribution in [0.2, 0.25) is 0 Å². The van der Waals surface area contributed by atoms with Gasteiger partial charge in [0.15, 0.2) is 0 Å². The minimum absolute atomic E-state index is 0.0455. The van der Waals surface area contributed by atoms with Gasteiger partial charge < -0.3 is 16.4 Å². The van der Waals surface area contributed by atoms with Crippen molar-refractivity contribution in [3.63, 3.8) is 0 Å². The zero-order valence-electron chi connectivity index (χ0n) is 9.75. The van der Waals surface area contributed by atoms with Gasteiger partial charge in [0.2, 0.25) is 11.9 Å². The van der Waals surface area contributed by atoms with Crippen molar-refractivity contribution in [1.29, 1.82) is 0 Å². The quantitative estimate of drug-likeness (QED) is 0.706. The molecule has 0 atom stereocenters. The Morgan fingerprint density at radius 1 is 1.53 bits per heavy atom. The molecular weight excluding hydrogens is 238 g/mol. The van der Waals surface area contributed by atoms with E-state index in [1.54, 1.807) is 17.2 Å². The van der Waals surface area contributed by atoms with Gasteiger partial charge in [0, 0.05) is 12.2 Å². The highest BCUT2D eigenvalue weighted by Crippen LogP contribution is 2.10. The number of hydrogen-bond acceptors (Lipinski definition) is 5. The molecule has 17 heavy (non-hydrogen) atoms. The van der Waals surface area contributed by atoms with Gasteiger partial charge in [-0.15, -0.1) is 0 Å². The summed E-state index contributed by atoms with van der Waals surface area (Å²) in [4.78, 5) is 21.1. The maximum Gasteiger partial charge on any atom is 0.237 e. The minimum Gasteiger partial charge on any atom is -0.388 e. The lowest BCUT2D eigenvalue weighted by molar-refractivity contribution is -0.116. The van der Waals surface area contributed by atoms with Crippen molar-refractivity contribution in [2.24, 2.45) is 11.5 Å². The van der Waals surface area contributed by atoms with E-state index in [-0.39, 0.29) is 17.6 Å². The molecule has 0 fully saturated rings. The average molecular weight is 253 g/mol. The maximum absolute atomic E-state index is 11.0. The predicted octanol–water partition coefficient (Wildman–Crippen LogP) is -0.189. The molecule has 92 valence electrons. The predicted molar refractivity (Wildman–Crippen MR) is 69.6 cm³/mol. The number of amides is 1. The van der Waals surface area contributed by atoms with Gasteiger partial charge in [0.25, 0.3) is 0 Å². The lowest BCUT2D eigenvalue weighted by Gasteiger charge is -2.25. The van der Waals surface area contributed by atoms with Gasteiger partial charge in [0.1, 0.15) is 10.7 Å². The molecule has 0 saturated carbocycles. The molecule has 1 aromatic rings. The zero-order chi connectivity index (χ0) is 13.0. The summed E-state index contributed by atoms with van der Waals surface area (Å²) < 4.78 is 0. The molecule has 0 aliphatic carbocycles. The first-order valence-electron chi connectivity index (χ1n) is 5.09. The van der Waals surface area contributed by atoms with Crippen LogP contribution in [0.15, 0.2) is 12.3 Å². The van der Waals surface area contributed by atoms with Crippen LogP contribution in [0.25, 0.3) is 0 Å².